The van der Waals surface area contributed by atoms with E-state index in [1.165, 1.54) is 16.3 Å². The van der Waals surface area contributed by atoms with Crippen molar-refractivity contribution in [3.05, 3.63) is 28.8 Å². The second-order valence-corrected chi connectivity index (χ2v) is 13.9. The largest absolute Gasteiger partial charge is 0.391 e. The van der Waals surface area contributed by atoms with Crippen LogP contribution in [0.1, 0.15) is 48.8 Å². The number of nitrogens with zero attached hydrogens (tertiary/aromatic N) is 3. The number of carbonyl (C=O) groups excluding carboxylic acids is 2. The van der Waals surface area contributed by atoms with Gasteiger partial charge in [-0.05, 0) is 81.2 Å². The Bertz CT molecular complexity index is 1360. The maximum Gasteiger partial charge on any atom is 0.391 e. The number of carbonyl (C=O) groups is 2. The molecule has 2 heterocycles. The van der Waals surface area contributed by atoms with Gasteiger partial charge < -0.3 is 11.1 Å². The molecule has 1 aliphatic carbocycles. The molecule has 1 aromatic carbocycles. The highest BCUT2D eigenvalue weighted by atomic mass is 32.2. The van der Waals surface area contributed by atoms with E-state index in [4.69, 9.17) is 5.73 Å². The lowest BCUT2D eigenvalue weighted by molar-refractivity contribution is -0.225. The van der Waals surface area contributed by atoms with Gasteiger partial charge in [0.05, 0.1) is 17.6 Å². The van der Waals surface area contributed by atoms with Crippen LogP contribution in [0.3, 0.4) is 0 Å². The molecule has 43 heavy (non-hydrogen) atoms. The summed E-state index contributed by atoms with van der Waals surface area (Å²) in [6, 6.07) is 2.83. The third-order valence-electron chi connectivity index (χ3n) is 8.97. The summed E-state index contributed by atoms with van der Waals surface area (Å²) in [4.78, 5) is 30.1. The number of hydrogen-bond donors (Lipinski definition) is 2. The SMILES string of the molecule is Cc1cc(N(C)C(N)=O)cc(C)c1CCS(=O)(=O)N1CCC2(CC1)N=C([C@H]1C[C@@H](C(F)(F)F)C[C@@H](C(F)(F)F)C1)NC2=O. The lowest BCUT2D eigenvalue weighted by Gasteiger charge is -2.36. The first kappa shape index (κ1) is 33.0. The van der Waals surface area contributed by atoms with E-state index in [9.17, 15) is 44.3 Å². The van der Waals surface area contributed by atoms with Crippen LogP contribution in [0.5, 0.6) is 0 Å². The zero-order valence-corrected chi connectivity index (χ0v) is 24.8. The number of primary amides is 1. The second kappa shape index (κ2) is 11.6. The predicted molar refractivity (Wildman–Crippen MR) is 147 cm³/mol. The van der Waals surface area contributed by atoms with Crippen molar-refractivity contribution in [2.24, 2.45) is 28.5 Å². The van der Waals surface area contributed by atoms with Crippen molar-refractivity contribution in [1.29, 1.82) is 0 Å². The van der Waals surface area contributed by atoms with E-state index < -0.39 is 76.9 Å². The average molecular weight is 640 g/mol. The number of nitrogens with two attached hydrogens (primary N) is 1. The first-order valence-corrected chi connectivity index (χ1v) is 15.5. The summed E-state index contributed by atoms with van der Waals surface area (Å²) in [6.07, 6.45) is -11.8. The van der Waals surface area contributed by atoms with Crippen molar-refractivity contribution in [1.82, 2.24) is 9.62 Å². The number of anilines is 1. The van der Waals surface area contributed by atoms with E-state index in [0.717, 1.165) is 16.7 Å². The number of aryl methyl sites for hydroxylation is 2. The Hall–Kier alpha value is -2.88. The van der Waals surface area contributed by atoms with E-state index in [-0.39, 0.29) is 43.9 Å². The number of sulfonamides is 1. The summed E-state index contributed by atoms with van der Waals surface area (Å²) in [5.41, 5.74) is 6.83. The summed E-state index contributed by atoms with van der Waals surface area (Å²) in [5, 5.41) is 2.44. The first-order valence-electron chi connectivity index (χ1n) is 13.9. The van der Waals surface area contributed by atoms with Crippen LogP contribution >= 0.6 is 0 Å². The summed E-state index contributed by atoms with van der Waals surface area (Å²) in [6.45, 7) is 3.44. The number of piperidine rings is 1. The fourth-order valence-corrected chi connectivity index (χ4v) is 7.79. The summed E-state index contributed by atoms with van der Waals surface area (Å²) in [5.74, 6) is -6.61. The molecule has 16 heteroatoms. The van der Waals surface area contributed by atoms with Crippen molar-refractivity contribution in [2.75, 3.05) is 30.8 Å². The number of hydrogen-bond acceptors (Lipinski definition) is 5. The van der Waals surface area contributed by atoms with Crippen LogP contribution in [-0.2, 0) is 21.2 Å². The molecular formula is C27H35F6N5O4S. The van der Waals surface area contributed by atoms with E-state index in [0.29, 0.717) is 5.69 Å². The molecule has 1 saturated heterocycles. The third-order valence-corrected chi connectivity index (χ3v) is 10.8. The standard InChI is InChI=1S/C27H35F6N5O4S/c1-15-10-20(37(3)24(34)40)11-16(2)21(15)4-9-43(41,42)38-7-5-25(6-8-38)23(39)35-22(36-25)17-12-18(26(28,29)30)14-19(13-17)27(31,32)33/h10-11,17-19H,4-9,12-14H2,1-3H3,(H2,34,40)(H,35,36,39)/t17-,18+,19-. The molecule has 1 aromatic rings. The zero-order valence-electron chi connectivity index (χ0n) is 24.0. The maximum absolute atomic E-state index is 13.5. The molecule has 4 rings (SSSR count). The van der Waals surface area contributed by atoms with Gasteiger partial charge in [0.2, 0.25) is 10.0 Å². The van der Waals surface area contributed by atoms with Gasteiger partial charge in [-0.2, -0.15) is 26.3 Å². The number of halogens is 6. The maximum atomic E-state index is 13.5. The Morgan fingerprint density at radius 2 is 1.56 bits per heavy atom. The minimum Gasteiger partial charge on any atom is -0.351 e. The van der Waals surface area contributed by atoms with Crippen LogP contribution in [0.2, 0.25) is 0 Å². The molecule has 240 valence electrons. The van der Waals surface area contributed by atoms with Crippen LogP contribution in [0, 0.1) is 31.6 Å². The molecule has 3 amide bonds. The van der Waals surface area contributed by atoms with Gasteiger partial charge in [-0.1, -0.05) is 0 Å². The monoisotopic (exact) mass is 639 g/mol. The van der Waals surface area contributed by atoms with Gasteiger partial charge in [-0.15, -0.1) is 0 Å². The number of nitrogens with one attached hydrogen (secondary N) is 1. The first-order chi connectivity index (χ1) is 19.7. The molecule has 9 nitrogen and oxygen atoms in total. The van der Waals surface area contributed by atoms with Gasteiger partial charge in [0.1, 0.15) is 11.4 Å². The van der Waals surface area contributed by atoms with Gasteiger partial charge in [0.15, 0.2) is 0 Å². The molecule has 0 bridgehead atoms. The average Bonchev–Trinajstić information content (AvgIpc) is 3.21. The Kier molecular flexibility index (Phi) is 8.88. The number of rotatable bonds is 6. The summed E-state index contributed by atoms with van der Waals surface area (Å²) >= 11 is 0. The number of aliphatic imine (C=N–C) groups is 1. The second-order valence-electron chi connectivity index (χ2n) is 11.8. The van der Waals surface area contributed by atoms with E-state index in [2.05, 4.69) is 10.3 Å². The molecule has 0 radical (unpaired) electrons. The number of amidine groups is 1. The van der Waals surface area contributed by atoms with Crippen LogP contribution < -0.4 is 16.0 Å². The molecule has 3 N–H and O–H groups in total. The minimum atomic E-state index is -4.82. The zero-order chi connectivity index (χ0) is 32.1. The number of amides is 3. The molecule has 2 fully saturated rings. The van der Waals surface area contributed by atoms with Crippen molar-refractivity contribution in [2.45, 2.75) is 70.3 Å². The summed E-state index contributed by atoms with van der Waals surface area (Å²) in [7, 11) is -2.26. The predicted octanol–water partition coefficient (Wildman–Crippen LogP) is 4.21. The van der Waals surface area contributed by atoms with Crippen LogP contribution in [0.4, 0.5) is 36.8 Å². The smallest absolute Gasteiger partial charge is 0.351 e. The van der Waals surface area contributed by atoms with Crippen LogP contribution in [0.15, 0.2) is 17.1 Å². The van der Waals surface area contributed by atoms with Crippen molar-refractivity contribution >= 4 is 33.5 Å². The highest BCUT2D eigenvalue weighted by Crippen LogP contribution is 2.48. The number of urea groups is 1. The highest BCUT2D eigenvalue weighted by Gasteiger charge is 2.55. The minimum absolute atomic E-state index is 0.0497. The topological polar surface area (TPSA) is 125 Å². The Labute approximate surface area is 245 Å². The van der Waals surface area contributed by atoms with E-state index in [1.54, 1.807) is 26.0 Å². The fourth-order valence-electron chi connectivity index (χ4n) is 6.33. The Morgan fingerprint density at radius 1 is 1.05 bits per heavy atom. The molecule has 0 aromatic heterocycles. The molecule has 3 aliphatic rings. The van der Waals surface area contributed by atoms with Crippen molar-refractivity contribution in [3.63, 3.8) is 0 Å². The van der Waals surface area contributed by atoms with E-state index in [1.807, 2.05) is 0 Å². The normalized spacial score (nSPS) is 25.0. The molecule has 2 aliphatic heterocycles. The van der Waals surface area contributed by atoms with Gasteiger partial charge in [-0.3, -0.25) is 14.7 Å². The number of alkyl halides is 6. The third kappa shape index (κ3) is 6.94. The van der Waals surface area contributed by atoms with Crippen molar-refractivity contribution in [3.8, 4) is 0 Å². The van der Waals surface area contributed by atoms with Crippen LogP contribution in [-0.4, -0.2) is 74.3 Å². The lowest BCUT2D eigenvalue weighted by atomic mass is 9.74. The lowest BCUT2D eigenvalue weighted by Crippen LogP contribution is -2.51. The molecule has 1 saturated carbocycles. The molecule has 3 atom stereocenters. The van der Waals surface area contributed by atoms with Crippen molar-refractivity contribution < 1.29 is 44.3 Å². The van der Waals surface area contributed by atoms with E-state index >= 15 is 0 Å². The highest BCUT2D eigenvalue weighted by molar-refractivity contribution is 7.89. The molecule has 1 spiro atoms. The fraction of sp³-hybridized carbons (Fsp3) is 0.667. The Morgan fingerprint density at radius 3 is 2.02 bits per heavy atom. The molecule has 0 unspecified atom stereocenters. The summed E-state index contributed by atoms with van der Waals surface area (Å²) < 4.78 is 108. The van der Waals surface area contributed by atoms with Gasteiger partial charge >= 0.3 is 18.4 Å². The van der Waals surface area contributed by atoms with Gasteiger partial charge in [0.25, 0.3) is 5.91 Å². The number of benzene rings is 1. The quantitative estimate of drug-likeness (QED) is 0.453. The van der Waals surface area contributed by atoms with Gasteiger partial charge in [0, 0.05) is 31.7 Å². The van der Waals surface area contributed by atoms with Crippen LogP contribution in [0.25, 0.3) is 0 Å². The Balaban J connectivity index is 1.44. The van der Waals surface area contributed by atoms with Gasteiger partial charge in [-0.25, -0.2) is 17.5 Å². The molecular weight excluding hydrogens is 604 g/mol.